The molecule has 162 valence electrons. The minimum Gasteiger partial charge on any atom is -0.508 e. The highest BCUT2D eigenvalue weighted by Gasteiger charge is 2.43. The van der Waals surface area contributed by atoms with Crippen molar-refractivity contribution in [1.82, 2.24) is 0 Å². The molecule has 28 heavy (non-hydrogen) atoms. The summed E-state index contributed by atoms with van der Waals surface area (Å²) >= 11 is 0. The van der Waals surface area contributed by atoms with Crippen molar-refractivity contribution in [2.75, 3.05) is 13.3 Å². The van der Waals surface area contributed by atoms with Crippen LogP contribution in [-0.4, -0.2) is 46.6 Å². The Morgan fingerprint density at radius 3 is 2.61 bits per heavy atom. The van der Waals surface area contributed by atoms with Crippen molar-refractivity contribution in [2.24, 2.45) is 17.8 Å². The van der Waals surface area contributed by atoms with E-state index in [0.29, 0.717) is 18.3 Å². The average molecular weight is 401 g/mol. The Morgan fingerprint density at radius 1 is 1.18 bits per heavy atom. The van der Waals surface area contributed by atoms with Crippen LogP contribution in [0.1, 0.15) is 77.6 Å². The van der Waals surface area contributed by atoms with Gasteiger partial charge in [-0.3, -0.25) is 9.18 Å². The lowest BCUT2D eigenvalue weighted by molar-refractivity contribution is -0.120. The summed E-state index contributed by atoms with van der Waals surface area (Å²) < 4.78 is 19.3. The summed E-state index contributed by atoms with van der Waals surface area (Å²) in [6.07, 6.45) is 10.6. The van der Waals surface area contributed by atoms with Gasteiger partial charge in [-0.25, -0.2) is 0 Å². The second-order valence-electron chi connectivity index (χ2n) is 8.54. The van der Waals surface area contributed by atoms with E-state index in [-0.39, 0.29) is 37.0 Å². The number of allylic oxidation sites excluding steroid dienone is 1. The van der Waals surface area contributed by atoms with E-state index in [2.05, 4.69) is 6.92 Å². The molecule has 0 spiro atoms. The third-order valence-electron chi connectivity index (χ3n) is 6.56. The van der Waals surface area contributed by atoms with E-state index >= 15 is 0 Å². The molecule has 1 unspecified atom stereocenters. The SMILES string of the molecule is CCCC[C@H](CF)CCC[C@H]1CC[C@@H]2OC(CCC(O)=C(O)C(=O)CO)C[C@H]12. The maximum Gasteiger partial charge on any atom is 0.225 e. The summed E-state index contributed by atoms with van der Waals surface area (Å²) in [4.78, 5) is 11.2. The molecule has 5 nitrogen and oxygen atoms in total. The maximum absolute atomic E-state index is 13.1. The number of aliphatic hydroxyl groups excluding tert-OH is 3. The van der Waals surface area contributed by atoms with Crippen LogP contribution in [-0.2, 0) is 9.53 Å². The average Bonchev–Trinajstić information content (AvgIpc) is 3.28. The molecule has 3 N–H and O–H groups in total. The van der Waals surface area contributed by atoms with Gasteiger partial charge in [-0.1, -0.05) is 32.6 Å². The fourth-order valence-corrected chi connectivity index (χ4v) is 4.89. The molecule has 1 heterocycles. The Labute approximate surface area is 168 Å². The second-order valence-corrected chi connectivity index (χ2v) is 8.54. The van der Waals surface area contributed by atoms with Crippen LogP contribution < -0.4 is 0 Å². The Hall–Kier alpha value is -1.14. The lowest BCUT2D eigenvalue weighted by Gasteiger charge is -2.19. The molecule has 1 aliphatic heterocycles. The van der Waals surface area contributed by atoms with Crippen LogP contribution >= 0.6 is 0 Å². The van der Waals surface area contributed by atoms with E-state index in [9.17, 15) is 19.4 Å². The molecule has 0 aromatic rings. The van der Waals surface area contributed by atoms with Crippen LogP contribution in [0.5, 0.6) is 0 Å². The Balaban J connectivity index is 1.73. The van der Waals surface area contributed by atoms with E-state index in [1.807, 2.05) is 0 Å². The van der Waals surface area contributed by atoms with Crippen molar-refractivity contribution in [1.29, 1.82) is 0 Å². The molecule has 1 aliphatic carbocycles. The molecular formula is C22H37FO5. The number of Topliss-reactive ketones (excluding diaryl/α,β-unsaturated/α-hetero) is 1. The molecule has 0 radical (unpaired) electrons. The van der Waals surface area contributed by atoms with Crippen molar-refractivity contribution in [3.05, 3.63) is 11.5 Å². The van der Waals surface area contributed by atoms with Crippen LogP contribution in [0.4, 0.5) is 4.39 Å². The predicted octanol–water partition coefficient (Wildman–Crippen LogP) is 4.79. The lowest BCUT2D eigenvalue weighted by atomic mass is 9.85. The molecule has 2 rings (SSSR count). The zero-order valence-electron chi connectivity index (χ0n) is 17.1. The first-order valence-corrected chi connectivity index (χ1v) is 11.0. The van der Waals surface area contributed by atoms with E-state index < -0.39 is 18.1 Å². The molecule has 1 saturated heterocycles. The largest absolute Gasteiger partial charge is 0.508 e. The van der Waals surface area contributed by atoms with Crippen LogP contribution in [0.2, 0.25) is 0 Å². The summed E-state index contributed by atoms with van der Waals surface area (Å²) in [6, 6.07) is 0. The number of aliphatic hydroxyl groups is 3. The summed E-state index contributed by atoms with van der Waals surface area (Å²) in [7, 11) is 0. The summed E-state index contributed by atoms with van der Waals surface area (Å²) in [5.74, 6) is -0.607. The number of alkyl halides is 1. The zero-order valence-corrected chi connectivity index (χ0v) is 17.1. The van der Waals surface area contributed by atoms with Gasteiger partial charge in [-0.05, 0) is 56.3 Å². The number of ether oxygens (including phenoxy) is 1. The van der Waals surface area contributed by atoms with E-state index in [4.69, 9.17) is 9.84 Å². The first-order chi connectivity index (χ1) is 13.5. The van der Waals surface area contributed by atoms with Gasteiger partial charge in [-0.15, -0.1) is 0 Å². The second kappa shape index (κ2) is 11.8. The van der Waals surface area contributed by atoms with Gasteiger partial charge in [0.25, 0.3) is 0 Å². The minimum atomic E-state index is -0.868. The number of carbonyl (C=O) groups is 1. The topological polar surface area (TPSA) is 87.0 Å². The third-order valence-corrected chi connectivity index (χ3v) is 6.56. The number of carbonyl (C=O) groups excluding carboxylic acids is 1. The molecule has 1 saturated carbocycles. The molecule has 5 atom stereocenters. The summed E-state index contributed by atoms with van der Waals surface area (Å²) in [5, 5.41) is 28.1. The van der Waals surface area contributed by atoms with Gasteiger partial charge >= 0.3 is 0 Å². The smallest absolute Gasteiger partial charge is 0.225 e. The molecular weight excluding hydrogens is 363 g/mol. The predicted molar refractivity (Wildman–Crippen MR) is 106 cm³/mol. The summed E-state index contributed by atoms with van der Waals surface area (Å²) in [6.45, 7) is 1.12. The van der Waals surface area contributed by atoms with Gasteiger partial charge in [0.15, 0.2) is 5.76 Å². The number of ketones is 1. The van der Waals surface area contributed by atoms with Gasteiger partial charge in [0.1, 0.15) is 12.4 Å². The highest BCUT2D eigenvalue weighted by molar-refractivity contribution is 5.94. The van der Waals surface area contributed by atoms with Crippen molar-refractivity contribution in [2.45, 2.75) is 89.8 Å². The van der Waals surface area contributed by atoms with Crippen molar-refractivity contribution in [3.8, 4) is 0 Å². The fraction of sp³-hybridized carbons (Fsp3) is 0.864. The van der Waals surface area contributed by atoms with Gasteiger partial charge in [-0.2, -0.15) is 0 Å². The third kappa shape index (κ3) is 6.45. The van der Waals surface area contributed by atoms with Crippen LogP contribution in [0.15, 0.2) is 11.5 Å². The zero-order chi connectivity index (χ0) is 20.5. The Kier molecular flexibility index (Phi) is 9.72. The van der Waals surface area contributed by atoms with Gasteiger partial charge in [0.2, 0.25) is 5.78 Å². The van der Waals surface area contributed by atoms with Crippen LogP contribution in [0, 0.1) is 17.8 Å². The Bertz CT molecular complexity index is 521. The number of unbranched alkanes of at least 4 members (excludes halogenated alkanes) is 1. The molecule has 0 amide bonds. The quantitative estimate of drug-likeness (QED) is 0.306. The number of rotatable bonds is 13. The van der Waals surface area contributed by atoms with E-state index in [1.165, 1.54) is 6.42 Å². The highest BCUT2D eigenvalue weighted by atomic mass is 19.1. The van der Waals surface area contributed by atoms with Crippen LogP contribution in [0.3, 0.4) is 0 Å². The van der Waals surface area contributed by atoms with Gasteiger partial charge < -0.3 is 20.1 Å². The molecule has 2 fully saturated rings. The molecule has 0 aromatic carbocycles. The first-order valence-electron chi connectivity index (χ1n) is 11.0. The van der Waals surface area contributed by atoms with Crippen LogP contribution in [0.25, 0.3) is 0 Å². The molecule has 6 heteroatoms. The standard InChI is InChI=1S/C22H37FO5/c1-2-3-5-15(13-23)6-4-7-16-8-11-21-18(16)12-17(28-21)9-10-19(25)22(27)20(26)14-24/h15-18,21,24-25,27H,2-14H2,1H3/t15-,16-,17?,18+,21-/m0/s1. The number of halogens is 1. The van der Waals surface area contributed by atoms with Gasteiger partial charge in [0, 0.05) is 6.42 Å². The maximum atomic E-state index is 13.1. The summed E-state index contributed by atoms with van der Waals surface area (Å²) in [5.41, 5.74) is 0. The molecule has 2 aliphatic rings. The van der Waals surface area contributed by atoms with E-state index in [1.54, 1.807) is 0 Å². The normalized spacial score (nSPS) is 28.8. The fourth-order valence-electron chi connectivity index (χ4n) is 4.89. The van der Waals surface area contributed by atoms with Crippen molar-refractivity contribution in [3.63, 3.8) is 0 Å². The monoisotopic (exact) mass is 400 g/mol. The minimum absolute atomic E-state index is 0.0279. The number of hydrogen-bond acceptors (Lipinski definition) is 5. The van der Waals surface area contributed by atoms with Gasteiger partial charge in [0.05, 0.1) is 18.9 Å². The molecule has 0 aromatic heterocycles. The first kappa shape index (κ1) is 23.1. The Morgan fingerprint density at radius 2 is 1.93 bits per heavy atom. The number of fused-ring (bicyclic) bond motifs is 1. The molecule has 0 bridgehead atoms. The van der Waals surface area contributed by atoms with Crippen molar-refractivity contribution < 1.29 is 29.2 Å². The van der Waals surface area contributed by atoms with Crippen molar-refractivity contribution >= 4 is 5.78 Å². The lowest BCUT2D eigenvalue weighted by Crippen LogP contribution is -2.14. The number of hydrogen-bond donors (Lipinski definition) is 3. The van der Waals surface area contributed by atoms with E-state index in [0.717, 1.165) is 51.4 Å². The highest BCUT2D eigenvalue weighted by Crippen LogP contribution is 2.46.